The molecule has 29 heavy (non-hydrogen) atoms. The number of amides is 3. The zero-order valence-electron chi connectivity index (χ0n) is 17.2. The fourth-order valence-corrected chi connectivity index (χ4v) is 3.92. The van der Waals surface area contributed by atoms with Crippen molar-refractivity contribution in [3.05, 3.63) is 35.4 Å². The first kappa shape index (κ1) is 21.0. The zero-order valence-corrected chi connectivity index (χ0v) is 17.2. The molecule has 0 aromatic heterocycles. The Kier molecular flexibility index (Phi) is 6.35. The highest BCUT2D eigenvalue weighted by molar-refractivity contribution is 6.22. The summed E-state index contributed by atoms with van der Waals surface area (Å²) in [5, 5.41) is 0. The van der Waals surface area contributed by atoms with Crippen molar-refractivity contribution < 1.29 is 23.9 Å². The number of hydrogen-bond donors (Lipinski definition) is 0. The third-order valence-electron chi connectivity index (χ3n) is 5.41. The van der Waals surface area contributed by atoms with Crippen LogP contribution < -0.4 is 0 Å². The second-order valence-corrected chi connectivity index (χ2v) is 8.14. The number of fused-ring (bicyclic) bond motifs is 1. The van der Waals surface area contributed by atoms with Crippen LogP contribution in [-0.4, -0.2) is 58.7 Å². The number of carbonyl (C=O) groups excluding carboxylic acids is 4. The molecule has 0 spiro atoms. The number of benzene rings is 1. The number of likely N-dealkylation sites (tertiary alicyclic amines) is 1. The van der Waals surface area contributed by atoms with Gasteiger partial charge in [0, 0.05) is 13.1 Å². The smallest absolute Gasteiger partial charge is 0.330 e. The molecule has 3 amide bonds. The first-order valence-electron chi connectivity index (χ1n) is 10.3. The topological polar surface area (TPSA) is 84.0 Å². The Labute approximate surface area is 171 Å². The third kappa shape index (κ3) is 4.33. The first-order valence-corrected chi connectivity index (χ1v) is 10.3. The van der Waals surface area contributed by atoms with Gasteiger partial charge in [0.1, 0.15) is 6.04 Å². The molecule has 1 aromatic carbocycles. The van der Waals surface area contributed by atoms with Crippen molar-refractivity contribution in [2.24, 2.45) is 5.92 Å². The monoisotopic (exact) mass is 400 g/mol. The molecule has 3 rings (SSSR count). The van der Waals surface area contributed by atoms with Crippen LogP contribution in [0.3, 0.4) is 0 Å². The van der Waals surface area contributed by atoms with Crippen LogP contribution in [0.5, 0.6) is 0 Å². The van der Waals surface area contributed by atoms with Gasteiger partial charge in [0.2, 0.25) is 0 Å². The lowest BCUT2D eigenvalue weighted by molar-refractivity contribution is -0.163. The average molecular weight is 400 g/mol. The van der Waals surface area contributed by atoms with Gasteiger partial charge in [-0.3, -0.25) is 19.3 Å². The molecule has 0 N–H and O–H groups in total. The van der Waals surface area contributed by atoms with Gasteiger partial charge in [0.05, 0.1) is 11.1 Å². The fourth-order valence-electron chi connectivity index (χ4n) is 3.92. The maximum Gasteiger partial charge on any atom is 0.330 e. The highest BCUT2D eigenvalue weighted by Crippen LogP contribution is 2.27. The molecule has 1 aromatic rings. The Balaban J connectivity index is 1.76. The number of imide groups is 1. The molecule has 7 heteroatoms. The van der Waals surface area contributed by atoms with E-state index in [4.69, 9.17) is 4.74 Å². The van der Waals surface area contributed by atoms with Crippen molar-refractivity contribution >= 4 is 23.7 Å². The Hall–Kier alpha value is -2.70. The van der Waals surface area contributed by atoms with E-state index in [1.807, 2.05) is 13.8 Å². The van der Waals surface area contributed by atoms with Crippen molar-refractivity contribution in [1.82, 2.24) is 9.80 Å². The molecular formula is C22H28N2O5. The molecule has 0 bridgehead atoms. The summed E-state index contributed by atoms with van der Waals surface area (Å²) in [4.78, 5) is 53.9. The average Bonchev–Trinajstić information content (AvgIpc) is 2.96. The van der Waals surface area contributed by atoms with Gasteiger partial charge in [0.25, 0.3) is 17.7 Å². The van der Waals surface area contributed by atoms with E-state index in [-0.39, 0.29) is 29.4 Å². The summed E-state index contributed by atoms with van der Waals surface area (Å²) in [5.41, 5.74) is 0.577. The summed E-state index contributed by atoms with van der Waals surface area (Å²) in [5.74, 6) is -1.90. The van der Waals surface area contributed by atoms with Gasteiger partial charge in [-0.2, -0.15) is 0 Å². The summed E-state index contributed by atoms with van der Waals surface area (Å²) in [7, 11) is 0. The molecule has 2 atom stereocenters. The number of esters is 1. The molecule has 2 heterocycles. The number of hydrogen-bond acceptors (Lipinski definition) is 5. The van der Waals surface area contributed by atoms with Crippen molar-refractivity contribution in [3.8, 4) is 0 Å². The van der Waals surface area contributed by atoms with Crippen LogP contribution in [0.15, 0.2) is 24.3 Å². The Morgan fingerprint density at radius 3 is 2.03 bits per heavy atom. The van der Waals surface area contributed by atoms with Gasteiger partial charge in [-0.25, -0.2) is 4.79 Å². The highest BCUT2D eigenvalue weighted by Gasteiger charge is 2.44. The van der Waals surface area contributed by atoms with Gasteiger partial charge in [-0.1, -0.05) is 26.0 Å². The predicted octanol–water partition coefficient (Wildman–Crippen LogP) is 2.64. The lowest BCUT2D eigenvalue weighted by Crippen LogP contribution is -2.49. The van der Waals surface area contributed by atoms with Crippen LogP contribution in [0.4, 0.5) is 0 Å². The Morgan fingerprint density at radius 2 is 1.52 bits per heavy atom. The maximum atomic E-state index is 13.0. The van der Waals surface area contributed by atoms with E-state index in [0.717, 1.165) is 24.2 Å². The van der Waals surface area contributed by atoms with Gasteiger partial charge < -0.3 is 9.64 Å². The molecule has 0 aliphatic carbocycles. The molecule has 0 saturated carbocycles. The molecule has 7 nitrogen and oxygen atoms in total. The van der Waals surface area contributed by atoms with E-state index in [1.54, 1.807) is 36.1 Å². The summed E-state index contributed by atoms with van der Waals surface area (Å²) in [6, 6.07) is 5.47. The number of carbonyl (C=O) groups is 4. The van der Waals surface area contributed by atoms with Crippen molar-refractivity contribution in [1.29, 1.82) is 0 Å². The van der Waals surface area contributed by atoms with E-state index < -0.39 is 29.9 Å². The second-order valence-electron chi connectivity index (χ2n) is 8.14. The van der Waals surface area contributed by atoms with Crippen molar-refractivity contribution in [2.75, 3.05) is 13.1 Å². The lowest BCUT2D eigenvalue weighted by Gasteiger charge is -2.31. The summed E-state index contributed by atoms with van der Waals surface area (Å²) >= 11 is 0. The van der Waals surface area contributed by atoms with Gasteiger partial charge in [-0.15, -0.1) is 0 Å². The van der Waals surface area contributed by atoms with Crippen molar-refractivity contribution in [3.63, 3.8) is 0 Å². The van der Waals surface area contributed by atoms with E-state index in [0.29, 0.717) is 13.1 Å². The Bertz CT molecular complexity index is 778. The molecule has 2 aliphatic heterocycles. The molecule has 156 valence electrons. The molecule has 1 fully saturated rings. The van der Waals surface area contributed by atoms with Gasteiger partial charge in [0.15, 0.2) is 6.10 Å². The minimum absolute atomic E-state index is 0.0463. The number of nitrogens with zero attached hydrogens (tertiary/aromatic N) is 2. The summed E-state index contributed by atoms with van der Waals surface area (Å²) in [6.45, 7) is 6.67. The Morgan fingerprint density at radius 1 is 0.966 bits per heavy atom. The lowest BCUT2D eigenvalue weighted by atomic mass is 10.0. The number of rotatable bonds is 6. The minimum Gasteiger partial charge on any atom is -0.451 e. The maximum absolute atomic E-state index is 13.0. The van der Waals surface area contributed by atoms with Gasteiger partial charge >= 0.3 is 5.97 Å². The van der Waals surface area contributed by atoms with E-state index in [9.17, 15) is 19.2 Å². The van der Waals surface area contributed by atoms with Gasteiger partial charge in [-0.05, 0) is 50.7 Å². The summed E-state index contributed by atoms with van der Waals surface area (Å²) < 4.78 is 5.46. The summed E-state index contributed by atoms with van der Waals surface area (Å²) in [6.07, 6.45) is 2.29. The van der Waals surface area contributed by atoms with E-state index >= 15 is 0 Å². The normalized spacial score (nSPS) is 18.6. The number of piperidine rings is 1. The second kappa shape index (κ2) is 8.76. The fraction of sp³-hybridized carbons (Fsp3) is 0.545. The number of ether oxygens (including phenoxy) is 1. The van der Waals surface area contributed by atoms with E-state index in [2.05, 4.69) is 0 Å². The van der Waals surface area contributed by atoms with Crippen LogP contribution in [0.2, 0.25) is 0 Å². The van der Waals surface area contributed by atoms with Crippen LogP contribution >= 0.6 is 0 Å². The molecule has 0 radical (unpaired) electrons. The standard InChI is InChI=1S/C22H28N2O5/c1-14(2)13-18(24-20(26)16-9-5-6-10-17(16)21(24)27)22(28)29-15(3)19(25)23-11-7-4-8-12-23/h5-6,9-10,14-15,18H,4,7-8,11-13H2,1-3H3/t15-,18+/m0/s1. The third-order valence-corrected chi connectivity index (χ3v) is 5.41. The first-order chi connectivity index (χ1) is 13.8. The van der Waals surface area contributed by atoms with Crippen LogP contribution in [-0.2, 0) is 14.3 Å². The molecular weight excluding hydrogens is 372 g/mol. The molecule has 0 unspecified atom stereocenters. The highest BCUT2D eigenvalue weighted by atomic mass is 16.5. The quantitative estimate of drug-likeness (QED) is 0.541. The largest absolute Gasteiger partial charge is 0.451 e. The molecule has 1 saturated heterocycles. The minimum atomic E-state index is -1.06. The SMILES string of the molecule is CC(C)C[C@H](C(=O)O[C@@H](C)C(=O)N1CCCCC1)N1C(=O)c2ccccc2C1=O. The van der Waals surface area contributed by atoms with Crippen molar-refractivity contribution in [2.45, 2.75) is 58.6 Å². The molecule has 2 aliphatic rings. The van der Waals surface area contributed by atoms with Crippen LogP contribution in [0, 0.1) is 5.92 Å². The predicted molar refractivity (Wildman–Crippen MR) is 106 cm³/mol. The van der Waals surface area contributed by atoms with Crippen LogP contribution in [0.25, 0.3) is 0 Å². The van der Waals surface area contributed by atoms with E-state index in [1.165, 1.54) is 0 Å². The van der Waals surface area contributed by atoms with Crippen LogP contribution in [0.1, 0.15) is 67.2 Å². The zero-order chi connectivity index (χ0) is 21.1.